The first-order valence-corrected chi connectivity index (χ1v) is 8.87. The molecule has 0 atom stereocenters. The second kappa shape index (κ2) is 8.80. The molecule has 3 rings (SSSR count). The molecule has 0 saturated carbocycles. The maximum atomic E-state index is 9.44. The predicted octanol–water partition coefficient (Wildman–Crippen LogP) is 4.84. The van der Waals surface area contributed by atoms with Gasteiger partial charge in [-0.1, -0.05) is 17.7 Å². The fourth-order valence-electron chi connectivity index (χ4n) is 2.54. The topological polar surface area (TPSA) is 91.2 Å². The first-order valence-electron chi connectivity index (χ1n) is 8.87. The summed E-state index contributed by atoms with van der Waals surface area (Å²) in [6.07, 6.45) is 2.97. The van der Waals surface area contributed by atoms with E-state index in [9.17, 15) is 5.26 Å². The van der Waals surface area contributed by atoms with Crippen LogP contribution in [0.2, 0.25) is 0 Å². The van der Waals surface area contributed by atoms with Gasteiger partial charge in [-0.15, -0.1) is 15.3 Å². The molecule has 0 saturated heterocycles. The van der Waals surface area contributed by atoms with Crippen molar-refractivity contribution in [3.8, 4) is 11.8 Å². The molecule has 8 nitrogen and oxygen atoms in total. The van der Waals surface area contributed by atoms with Gasteiger partial charge in [-0.25, -0.2) is 9.67 Å². The molecule has 0 aliphatic carbocycles. The molecule has 0 bridgehead atoms. The van der Waals surface area contributed by atoms with Crippen LogP contribution in [0, 0.1) is 18.3 Å². The van der Waals surface area contributed by atoms with Crippen molar-refractivity contribution in [3.63, 3.8) is 0 Å². The summed E-state index contributed by atoms with van der Waals surface area (Å²) in [4.78, 5) is 6.23. The van der Waals surface area contributed by atoms with Crippen molar-refractivity contribution in [1.29, 1.82) is 5.26 Å². The van der Waals surface area contributed by atoms with E-state index in [1.165, 1.54) is 13.5 Å². The third kappa shape index (κ3) is 4.65. The average molecular weight is 387 g/mol. The van der Waals surface area contributed by atoms with Crippen LogP contribution in [0.5, 0.6) is 0 Å². The van der Waals surface area contributed by atoms with E-state index in [0.29, 0.717) is 16.9 Å². The van der Waals surface area contributed by atoms with Crippen LogP contribution in [-0.4, -0.2) is 37.4 Å². The van der Waals surface area contributed by atoms with Crippen molar-refractivity contribution < 1.29 is 4.74 Å². The predicted molar refractivity (Wildman–Crippen MR) is 113 cm³/mol. The third-order valence-electron chi connectivity index (χ3n) is 4.14. The van der Waals surface area contributed by atoms with Gasteiger partial charge >= 0.3 is 0 Å². The lowest BCUT2D eigenvalue weighted by atomic mass is 10.2. The highest BCUT2D eigenvalue weighted by Crippen LogP contribution is 2.33. The van der Waals surface area contributed by atoms with E-state index in [2.05, 4.69) is 26.4 Å². The van der Waals surface area contributed by atoms with Crippen molar-refractivity contribution in [1.82, 2.24) is 9.78 Å². The minimum atomic E-state index is 0.242. The molecule has 8 heteroatoms. The van der Waals surface area contributed by atoms with E-state index in [1.54, 1.807) is 10.9 Å². The van der Waals surface area contributed by atoms with Crippen LogP contribution in [0.4, 0.5) is 22.9 Å². The lowest BCUT2D eigenvalue weighted by Crippen LogP contribution is -2.07. The van der Waals surface area contributed by atoms with E-state index in [4.69, 9.17) is 4.74 Å². The summed E-state index contributed by atoms with van der Waals surface area (Å²) in [6, 6.07) is 15.5. The zero-order valence-corrected chi connectivity index (χ0v) is 16.7. The van der Waals surface area contributed by atoms with E-state index in [0.717, 1.165) is 16.9 Å². The molecule has 0 amide bonds. The Bertz CT molecular complexity index is 1090. The van der Waals surface area contributed by atoms with Gasteiger partial charge < -0.3 is 9.64 Å². The quantitative estimate of drug-likeness (QED) is 0.344. The SMILES string of the molecule is COC=Nc1cc(N(C)C)ccc1N=Nc1nn(-c2ccc(C)cc2)cc1C#N. The van der Waals surface area contributed by atoms with Crippen molar-refractivity contribution in [3.05, 3.63) is 59.8 Å². The van der Waals surface area contributed by atoms with Crippen LogP contribution in [0.1, 0.15) is 11.1 Å². The van der Waals surface area contributed by atoms with Gasteiger partial charge in [0.15, 0.2) is 6.40 Å². The monoisotopic (exact) mass is 387 g/mol. The molecule has 0 unspecified atom stereocenters. The number of azo groups is 1. The summed E-state index contributed by atoms with van der Waals surface area (Å²) in [5, 5.41) is 22.3. The number of hydrogen-bond donors (Lipinski definition) is 0. The molecule has 1 aromatic heterocycles. The summed E-state index contributed by atoms with van der Waals surface area (Å²) >= 11 is 0. The van der Waals surface area contributed by atoms with Crippen molar-refractivity contribution >= 4 is 29.3 Å². The van der Waals surface area contributed by atoms with Crippen molar-refractivity contribution in [2.24, 2.45) is 15.2 Å². The second-order valence-corrected chi connectivity index (χ2v) is 6.50. The average Bonchev–Trinajstić information content (AvgIpc) is 3.14. The summed E-state index contributed by atoms with van der Waals surface area (Å²) in [5.74, 6) is 0.242. The molecule has 0 fully saturated rings. The molecule has 0 aliphatic rings. The van der Waals surface area contributed by atoms with Crippen LogP contribution in [-0.2, 0) is 4.74 Å². The van der Waals surface area contributed by atoms with Gasteiger partial charge in [0, 0.05) is 19.8 Å². The summed E-state index contributed by atoms with van der Waals surface area (Å²) in [5.41, 5.74) is 4.42. The van der Waals surface area contributed by atoms with E-state index in [1.807, 2.05) is 68.4 Å². The lowest BCUT2D eigenvalue weighted by Gasteiger charge is -2.13. The molecular weight excluding hydrogens is 366 g/mol. The van der Waals surface area contributed by atoms with E-state index < -0.39 is 0 Å². The van der Waals surface area contributed by atoms with E-state index in [-0.39, 0.29) is 5.82 Å². The number of anilines is 1. The molecule has 146 valence electrons. The molecule has 0 spiro atoms. The molecular formula is C21H21N7O. The van der Waals surface area contributed by atoms with Crippen LogP contribution < -0.4 is 4.90 Å². The lowest BCUT2D eigenvalue weighted by molar-refractivity contribution is 0.423. The molecule has 1 heterocycles. The number of aryl methyl sites for hydroxylation is 1. The van der Waals surface area contributed by atoms with Crippen LogP contribution in [0.25, 0.3) is 5.69 Å². The molecule has 0 radical (unpaired) electrons. The van der Waals surface area contributed by atoms with Gasteiger partial charge in [-0.05, 0) is 37.3 Å². The molecule has 3 aromatic rings. The fraction of sp³-hybridized carbons (Fsp3) is 0.190. The largest absolute Gasteiger partial charge is 0.486 e. The van der Waals surface area contributed by atoms with Crippen LogP contribution in [0.15, 0.2) is 63.9 Å². The highest BCUT2D eigenvalue weighted by atomic mass is 16.5. The Kier molecular flexibility index (Phi) is 6.00. The number of ether oxygens (including phenoxy) is 1. The zero-order valence-electron chi connectivity index (χ0n) is 16.7. The van der Waals surface area contributed by atoms with Crippen molar-refractivity contribution in [2.75, 3.05) is 26.1 Å². The third-order valence-corrected chi connectivity index (χ3v) is 4.14. The summed E-state index contributed by atoms with van der Waals surface area (Å²) in [7, 11) is 5.41. The van der Waals surface area contributed by atoms with Gasteiger partial charge in [0.05, 0.1) is 24.7 Å². The first-order chi connectivity index (χ1) is 14.0. The smallest absolute Gasteiger partial charge is 0.213 e. The number of benzene rings is 2. The Morgan fingerprint density at radius 2 is 1.86 bits per heavy atom. The van der Waals surface area contributed by atoms with E-state index >= 15 is 0 Å². The Hall–Kier alpha value is -3.99. The molecule has 0 aliphatic heterocycles. The summed E-state index contributed by atoms with van der Waals surface area (Å²) < 4.78 is 6.54. The van der Waals surface area contributed by atoms with Gasteiger partial charge in [0.25, 0.3) is 0 Å². The number of aliphatic imine (C=N–C) groups is 1. The number of hydrogen-bond acceptors (Lipinski definition) is 7. The van der Waals surface area contributed by atoms with Gasteiger partial charge in [-0.2, -0.15) is 5.26 Å². The van der Waals surface area contributed by atoms with Gasteiger partial charge in [-0.3, -0.25) is 0 Å². The normalized spacial score (nSPS) is 11.1. The number of methoxy groups -OCH3 is 1. The highest BCUT2D eigenvalue weighted by molar-refractivity contribution is 5.72. The first kappa shape index (κ1) is 19.8. The maximum absolute atomic E-state index is 9.44. The Morgan fingerprint density at radius 3 is 2.52 bits per heavy atom. The summed E-state index contributed by atoms with van der Waals surface area (Å²) in [6.45, 7) is 2.01. The zero-order chi connectivity index (χ0) is 20.8. The van der Waals surface area contributed by atoms with Crippen LogP contribution >= 0.6 is 0 Å². The van der Waals surface area contributed by atoms with Gasteiger partial charge in [0.1, 0.15) is 17.3 Å². The van der Waals surface area contributed by atoms with Crippen molar-refractivity contribution in [2.45, 2.75) is 6.92 Å². The Labute approximate surface area is 169 Å². The highest BCUT2D eigenvalue weighted by Gasteiger charge is 2.10. The number of nitriles is 1. The minimum absolute atomic E-state index is 0.242. The fourth-order valence-corrected chi connectivity index (χ4v) is 2.54. The maximum Gasteiger partial charge on any atom is 0.213 e. The number of rotatable bonds is 6. The Morgan fingerprint density at radius 1 is 1.10 bits per heavy atom. The second-order valence-electron chi connectivity index (χ2n) is 6.50. The molecule has 2 aromatic carbocycles. The molecule has 29 heavy (non-hydrogen) atoms. The Balaban J connectivity index is 1.96. The minimum Gasteiger partial charge on any atom is -0.486 e. The number of aromatic nitrogens is 2. The van der Waals surface area contributed by atoms with Gasteiger partial charge in [0.2, 0.25) is 5.82 Å². The molecule has 0 N–H and O–H groups in total. The standard InChI is InChI=1S/C21H21N7O/c1-15-5-7-17(8-6-15)28-13-16(12-22)21(26-28)25-24-19-10-9-18(27(2)3)11-20(19)23-14-29-4/h5-11,13-14H,1-4H3. The van der Waals surface area contributed by atoms with Crippen LogP contribution in [0.3, 0.4) is 0 Å². The number of nitrogens with zero attached hydrogens (tertiary/aromatic N) is 7.